The second kappa shape index (κ2) is 11.6. The summed E-state index contributed by atoms with van der Waals surface area (Å²) in [4.78, 5) is 12.4. The van der Waals surface area contributed by atoms with Gasteiger partial charge in [0.05, 0.1) is 30.1 Å². The summed E-state index contributed by atoms with van der Waals surface area (Å²) < 4.78 is 64.7. The number of hydrogen-bond donors (Lipinski definition) is 2. The smallest absolute Gasteiger partial charge is 0.429 e. The minimum Gasteiger partial charge on any atom is -0.488 e. The molecule has 0 spiro atoms. The minimum atomic E-state index is -4.77. The van der Waals surface area contributed by atoms with Gasteiger partial charge in [-0.05, 0) is 43.5 Å². The van der Waals surface area contributed by atoms with Gasteiger partial charge in [0.1, 0.15) is 12.4 Å². The van der Waals surface area contributed by atoms with Crippen LogP contribution in [0.25, 0.3) is 22.2 Å². The minimum absolute atomic E-state index is 0.163. The predicted molar refractivity (Wildman–Crippen MR) is 151 cm³/mol. The standard InChI is InChI=1S/C31H30F3N3O5/c32-31(33,34)29(20-5-2-1-3-6-20)42-30(38)36-21-11-9-19(10-12-21)28-27(35)24-14-13-23(41-18-26-39-15-16-40-26)17-25(24)37(28)22-7-4-8-22/h1-3,5-6,9-14,17,22,26,29H,4,7-8,15-16,18,35H2,(H,36,38)/t29-/m1/s1. The number of nitrogens with zero attached hydrogens (tertiary/aromatic N) is 1. The highest BCUT2D eigenvalue weighted by molar-refractivity contribution is 6.01. The third-order valence-corrected chi connectivity index (χ3v) is 7.56. The fourth-order valence-corrected chi connectivity index (χ4v) is 5.31. The van der Waals surface area contributed by atoms with Gasteiger partial charge < -0.3 is 29.2 Å². The number of alkyl halides is 3. The number of benzene rings is 3. The molecule has 2 fully saturated rings. The van der Waals surface area contributed by atoms with E-state index in [0.29, 0.717) is 24.7 Å². The van der Waals surface area contributed by atoms with E-state index in [4.69, 9.17) is 24.7 Å². The number of nitrogens with one attached hydrogen (secondary N) is 1. The van der Waals surface area contributed by atoms with E-state index in [2.05, 4.69) is 9.88 Å². The van der Waals surface area contributed by atoms with E-state index in [-0.39, 0.29) is 30.2 Å². The highest BCUT2D eigenvalue weighted by atomic mass is 19.4. The van der Waals surface area contributed by atoms with Crippen LogP contribution in [-0.2, 0) is 14.2 Å². The molecule has 1 aliphatic carbocycles. The van der Waals surface area contributed by atoms with Gasteiger partial charge in [-0.2, -0.15) is 13.2 Å². The topological polar surface area (TPSA) is 97.0 Å². The fraction of sp³-hybridized carbons (Fsp3) is 0.323. The zero-order valence-corrected chi connectivity index (χ0v) is 22.6. The summed E-state index contributed by atoms with van der Waals surface area (Å²) in [5, 5.41) is 3.29. The van der Waals surface area contributed by atoms with Crippen LogP contribution >= 0.6 is 0 Å². The Labute approximate surface area is 240 Å². The summed E-state index contributed by atoms with van der Waals surface area (Å²) in [6, 6.07) is 19.8. The van der Waals surface area contributed by atoms with Crippen molar-refractivity contribution in [3.05, 3.63) is 78.4 Å². The number of amides is 1. The second-order valence-electron chi connectivity index (χ2n) is 10.3. The zero-order valence-electron chi connectivity index (χ0n) is 22.6. The van der Waals surface area contributed by atoms with Crippen LogP contribution in [0.4, 0.5) is 29.3 Å². The van der Waals surface area contributed by atoms with Crippen LogP contribution in [0.1, 0.15) is 37.0 Å². The maximum absolute atomic E-state index is 13.6. The van der Waals surface area contributed by atoms with Crippen LogP contribution in [0, 0.1) is 0 Å². The molecule has 4 aromatic rings. The van der Waals surface area contributed by atoms with Gasteiger partial charge in [-0.25, -0.2) is 4.79 Å². The number of hydrogen-bond acceptors (Lipinski definition) is 6. The Hall–Kier alpha value is -4.22. The van der Waals surface area contributed by atoms with Crippen molar-refractivity contribution in [3.63, 3.8) is 0 Å². The number of aromatic nitrogens is 1. The van der Waals surface area contributed by atoms with Crippen molar-refractivity contribution in [1.29, 1.82) is 0 Å². The Morgan fingerprint density at radius 2 is 1.74 bits per heavy atom. The van der Waals surface area contributed by atoms with Crippen molar-refractivity contribution in [2.75, 3.05) is 30.9 Å². The average molecular weight is 582 g/mol. The van der Waals surface area contributed by atoms with Gasteiger partial charge in [0.25, 0.3) is 0 Å². The van der Waals surface area contributed by atoms with Gasteiger partial charge in [0, 0.05) is 34.3 Å². The summed E-state index contributed by atoms with van der Waals surface area (Å²) in [5.41, 5.74) is 10.0. The van der Waals surface area contributed by atoms with Crippen molar-refractivity contribution in [2.24, 2.45) is 0 Å². The third-order valence-electron chi connectivity index (χ3n) is 7.56. The molecule has 2 aliphatic rings. The largest absolute Gasteiger partial charge is 0.488 e. The molecule has 42 heavy (non-hydrogen) atoms. The van der Waals surface area contributed by atoms with Gasteiger partial charge in [0.15, 0.2) is 6.29 Å². The maximum Gasteiger partial charge on any atom is 0.429 e. The van der Waals surface area contributed by atoms with Crippen LogP contribution < -0.4 is 15.8 Å². The highest BCUT2D eigenvalue weighted by Crippen LogP contribution is 2.45. The Kier molecular flexibility index (Phi) is 7.70. The number of nitrogens with two attached hydrogens (primary N) is 1. The summed E-state index contributed by atoms with van der Waals surface area (Å²) in [7, 11) is 0. The number of halogens is 3. The lowest BCUT2D eigenvalue weighted by molar-refractivity contribution is -0.205. The molecular weight excluding hydrogens is 551 g/mol. The van der Waals surface area contributed by atoms with E-state index >= 15 is 0 Å². The molecule has 0 radical (unpaired) electrons. The summed E-state index contributed by atoms with van der Waals surface area (Å²) >= 11 is 0. The van der Waals surface area contributed by atoms with Crippen LogP contribution in [-0.4, -0.2) is 42.9 Å². The van der Waals surface area contributed by atoms with Crippen molar-refractivity contribution < 1.29 is 36.9 Å². The van der Waals surface area contributed by atoms with E-state index in [1.54, 1.807) is 30.3 Å². The van der Waals surface area contributed by atoms with Crippen LogP contribution in [0.5, 0.6) is 5.75 Å². The molecule has 6 rings (SSSR count). The van der Waals surface area contributed by atoms with Crippen molar-refractivity contribution in [3.8, 4) is 17.0 Å². The Balaban J connectivity index is 1.23. The van der Waals surface area contributed by atoms with Crippen LogP contribution in [0.2, 0.25) is 0 Å². The number of carbonyl (C=O) groups excluding carboxylic acids is 1. The first-order valence-electron chi connectivity index (χ1n) is 13.8. The van der Waals surface area contributed by atoms with Crippen LogP contribution in [0.15, 0.2) is 72.8 Å². The first kappa shape index (κ1) is 27.9. The normalized spacial score (nSPS) is 16.7. The molecular formula is C31H30F3N3O5. The first-order valence-corrected chi connectivity index (χ1v) is 13.8. The van der Waals surface area contributed by atoms with E-state index < -0.39 is 18.4 Å². The van der Waals surface area contributed by atoms with E-state index in [9.17, 15) is 18.0 Å². The third kappa shape index (κ3) is 5.75. The van der Waals surface area contributed by atoms with Crippen molar-refractivity contribution in [1.82, 2.24) is 4.57 Å². The first-order chi connectivity index (χ1) is 20.3. The molecule has 1 saturated carbocycles. The molecule has 11 heteroatoms. The molecule has 1 atom stereocenters. The van der Waals surface area contributed by atoms with Gasteiger partial charge in [0.2, 0.25) is 6.10 Å². The molecule has 1 aromatic heterocycles. The molecule has 0 bridgehead atoms. The lowest BCUT2D eigenvalue weighted by Crippen LogP contribution is -2.28. The van der Waals surface area contributed by atoms with Crippen LogP contribution in [0.3, 0.4) is 0 Å². The summed E-state index contributed by atoms with van der Waals surface area (Å²) in [5.74, 6) is 0.678. The second-order valence-corrected chi connectivity index (χ2v) is 10.3. The monoisotopic (exact) mass is 581 g/mol. The Morgan fingerprint density at radius 3 is 2.38 bits per heavy atom. The SMILES string of the molecule is Nc1c(-c2ccc(NC(=O)O[C@H](c3ccccc3)C(F)(F)F)cc2)n(C2CCC2)c2cc(OCC3OCCO3)ccc12. The molecule has 1 amide bonds. The lowest BCUT2D eigenvalue weighted by Gasteiger charge is -2.30. The molecule has 8 nitrogen and oxygen atoms in total. The molecule has 2 heterocycles. The number of rotatable bonds is 8. The predicted octanol–water partition coefficient (Wildman–Crippen LogP) is 7.22. The lowest BCUT2D eigenvalue weighted by atomic mass is 9.92. The van der Waals surface area contributed by atoms with Gasteiger partial charge in [-0.3, -0.25) is 5.32 Å². The average Bonchev–Trinajstić information content (AvgIpc) is 3.57. The highest BCUT2D eigenvalue weighted by Gasteiger charge is 2.44. The van der Waals surface area contributed by atoms with Gasteiger partial charge in [-0.15, -0.1) is 0 Å². The number of carbonyl (C=O) groups is 1. The quantitative estimate of drug-likeness (QED) is 0.228. The Morgan fingerprint density at radius 1 is 1.02 bits per heavy atom. The summed E-state index contributed by atoms with van der Waals surface area (Å²) in [6.07, 6.45) is -5.61. The molecule has 1 saturated heterocycles. The van der Waals surface area contributed by atoms with Gasteiger partial charge >= 0.3 is 12.3 Å². The van der Waals surface area contributed by atoms with E-state index in [1.165, 1.54) is 24.3 Å². The summed E-state index contributed by atoms with van der Waals surface area (Å²) in [6.45, 7) is 1.38. The Bertz CT molecular complexity index is 1550. The molecule has 0 unspecified atom stereocenters. The number of nitrogen functional groups attached to an aromatic ring is 1. The number of ether oxygens (including phenoxy) is 4. The van der Waals surface area contributed by atoms with Gasteiger partial charge in [-0.1, -0.05) is 42.5 Å². The molecule has 1 aliphatic heterocycles. The zero-order chi connectivity index (χ0) is 29.3. The molecule has 220 valence electrons. The van der Waals surface area contributed by atoms with Crippen molar-refractivity contribution in [2.45, 2.75) is 43.9 Å². The molecule has 3 aromatic carbocycles. The van der Waals surface area contributed by atoms with E-state index in [1.807, 2.05) is 18.2 Å². The number of anilines is 2. The van der Waals surface area contributed by atoms with Crippen molar-refractivity contribution >= 4 is 28.4 Å². The van der Waals surface area contributed by atoms with E-state index in [0.717, 1.165) is 41.4 Å². The maximum atomic E-state index is 13.6. The fourth-order valence-electron chi connectivity index (χ4n) is 5.31. The molecule has 3 N–H and O–H groups in total. The number of fused-ring (bicyclic) bond motifs is 1.